The van der Waals surface area contributed by atoms with E-state index in [0.29, 0.717) is 46.0 Å². The van der Waals surface area contributed by atoms with Crippen LogP contribution in [-0.2, 0) is 16.5 Å². The van der Waals surface area contributed by atoms with E-state index in [1.807, 2.05) is 0 Å². The Balaban J connectivity index is 1.51. The van der Waals surface area contributed by atoms with Crippen molar-refractivity contribution in [3.63, 3.8) is 0 Å². The van der Waals surface area contributed by atoms with E-state index in [9.17, 15) is 14.4 Å². The second-order valence-electron chi connectivity index (χ2n) is 14.2. The lowest BCUT2D eigenvalue weighted by Gasteiger charge is -2.29. The molecule has 50 heavy (non-hydrogen) atoms. The number of rotatable bonds is 5. The molecule has 6 heterocycles. The molecular formula is C36H39F2N7O5. The van der Waals surface area contributed by atoms with E-state index in [4.69, 9.17) is 14.5 Å². The highest BCUT2D eigenvalue weighted by Gasteiger charge is 2.42. The van der Waals surface area contributed by atoms with Gasteiger partial charge in [-0.05, 0) is 53.1 Å². The Kier molecular flexibility index (Phi) is 8.04. The molecule has 0 unspecified atom stereocenters. The van der Waals surface area contributed by atoms with Crippen molar-refractivity contribution in [1.29, 1.82) is 0 Å². The number of benzene rings is 1. The number of pyridine rings is 3. The number of esters is 1. The van der Waals surface area contributed by atoms with Crippen LogP contribution in [0.2, 0.25) is 0 Å². The van der Waals surface area contributed by atoms with E-state index < -0.39 is 34.7 Å². The van der Waals surface area contributed by atoms with Crippen molar-refractivity contribution in [3.8, 4) is 11.1 Å². The number of aromatic amines is 1. The van der Waals surface area contributed by atoms with Gasteiger partial charge < -0.3 is 28.8 Å². The number of anilines is 2. The van der Waals surface area contributed by atoms with Crippen LogP contribution in [0.3, 0.4) is 0 Å². The molecule has 5 aromatic rings. The Morgan fingerprint density at radius 2 is 1.86 bits per heavy atom. The fourth-order valence-electron chi connectivity index (χ4n) is 7.44. The topological polar surface area (TPSA) is 126 Å². The lowest BCUT2D eigenvalue weighted by atomic mass is 9.99. The summed E-state index contributed by atoms with van der Waals surface area (Å²) in [4.78, 5) is 57.6. The number of carbonyl (C=O) groups is 2. The van der Waals surface area contributed by atoms with Crippen molar-refractivity contribution in [2.45, 2.75) is 45.8 Å². The third-order valence-electron chi connectivity index (χ3n) is 9.61. The Morgan fingerprint density at radius 3 is 2.58 bits per heavy atom. The van der Waals surface area contributed by atoms with Gasteiger partial charge in [-0.25, -0.2) is 28.3 Å². The number of nitrogens with one attached hydrogen (secondary N) is 1. The number of hydrogen-bond donors (Lipinski definition) is 1. The first kappa shape index (κ1) is 33.4. The predicted molar refractivity (Wildman–Crippen MR) is 187 cm³/mol. The second-order valence-corrected chi connectivity index (χ2v) is 14.2. The van der Waals surface area contributed by atoms with Gasteiger partial charge >= 0.3 is 12.1 Å². The number of likely N-dealkylation sites (tertiary alicyclic amines) is 1. The van der Waals surface area contributed by atoms with Gasteiger partial charge in [-0.3, -0.25) is 9.69 Å². The maximum absolute atomic E-state index is 16.2. The van der Waals surface area contributed by atoms with Gasteiger partial charge in [0.1, 0.15) is 22.5 Å². The number of halogens is 2. The maximum atomic E-state index is 16.2. The monoisotopic (exact) mass is 687 g/mol. The van der Waals surface area contributed by atoms with Gasteiger partial charge in [-0.15, -0.1) is 0 Å². The van der Waals surface area contributed by atoms with E-state index in [2.05, 4.69) is 26.8 Å². The predicted octanol–water partition coefficient (Wildman–Crippen LogP) is 5.60. The molecule has 2 aliphatic rings. The first-order valence-corrected chi connectivity index (χ1v) is 16.6. The van der Waals surface area contributed by atoms with Gasteiger partial charge in [0.15, 0.2) is 11.6 Å². The van der Waals surface area contributed by atoms with Crippen LogP contribution in [0.25, 0.3) is 44.1 Å². The summed E-state index contributed by atoms with van der Waals surface area (Å²) in [6.45, 7) is 9.25. The Morgan fingerprint density at radius 1 is 1.10 bits per heavy atom. The molecule has 7 rings (SSSR count). The number of aryl methyl sites for hydroxylation is 1. The van der Waals surface area contributed by atoms with Crippen LogP contribution in [0.5, 0.6) is 0 Å². The Labute approximate surface area is 286 Å². The summed E-state index contributed by atoms with van der Waals surface area (Å²) in [6.07, 6.45) is 4.81. The summed E-state index contributed by atoms with van der Waals surface area (Å²) in [5.74, 6) is -2.61. The van der Waals surface area contributed by atoms with Crippen molar-refractivity contribution in [1.82, 2.24) is 24.4 Å². The maximum Gasteiger partial charge on any atom is 0.414 e. The molecule has 2 saturated heterocycles. The van der Waals surface area contributed by atoms with Gasteiger partial charge in [-0.1, -0.05) is 0 Å². The molecular weight excluding hydrogens is 648 g/mol. The van der Waals surface area contributed by atoms with Crippen LogP contribution in [0.1, 0.15) is 44.5 Å². The fourth-order valence-corrected chi connectivity index (χ4v) is 7.44. The number of ether oxygens (including phenoxy) is 2. The number of carbonyl (C=O) groups excluding carboxylic acids is 2. The molecule has 4 aromatic heterocycles. The van der Waals surface area contributed by atoms with E-state index in [1.165, 1.54) is 13.2 Å². The fraction of sp³-hybridized carbons (Fsp3) is 0.417. The molecule has 14 heteroatoms. The van der Waals surface area contributed by atoms with Crippen molar-refractivity contribution >= 4 is 56.4 Å². The average Bonchev–Trinajstić information content (AvgIpc) is 3.75. The number of H-pyrrole nitrogens is 1. The van der Waals surface area contributed by atoms with Gasteiger partial charge in [0, 0.05) is 75.6 Å². The molecule has 2 aliphatic heterocycles. The SMILES string of the molecule is CCOC(=O)c1cn(C)c2ncc(-c3cnc4[nH]c5c(N(C)C(=O)OC(C)(C)C)cc(F)c(F)c5c4c3N3CC[C@H]4CN(C)C[C@H]43)cc2c1=O. The smallest absolute Gasteiger partial charge is 0.414 e. The van der Waals surface area contributed by atoms with Crippen molar-refractivity contribution in [2.75, 3.05) is 50.1 Å². The van der Waals surface area contributed by atoms with Gasteiger partial charge in [0.05, 0.1) is 39.7 Å². The molecule has 262 valence electrons. The highest BCUT2D eigenvalue weighted by molar-refractivity contribution is 6.19. The number of fused-ring (bicyclic) bond motifs is 5. The number of hydrogen-bond acceptors (Lipinski definition) is 9. The molecule has 1 N–H and O–H groups in total. The molecule has 1 amide bonds. The number of amides is 1. The third-order valence-corrected chi connectivity index (χ3v) is 9.61. The molecule has 0 saturated carbocycles. The summed E-state index contributed by atoms with van der Waals surface area (Å²) in [5.41, 5.74) is 1.12. The van der Waals surface area contributed by atoms with Crippen LogP contribution in [-0.4, -0.2) is 88.5 Å². The summed E-state index contributed by atoms with van der Waals surface area (Å²) in [5, 5.41) is 0.481. The molecule has 1 aromatic carbocycles. The lowest BCUT2D eigenvalue weighted by molar-refractivity contribution is 0.0522. The van der Waals surface area contributed by atoms with E-state index >= 15 is 8.78 Å². The second kappa shape index (κ2) is 12.0. The zero-order chi connectivity index (χ0) is 35.8. The highest BCUT2D eigenvalue weighted by Crippen LogP contribution is 2.47. The van der Waals surface area contributed by atoms with E-state index in [1.54, 1.807) is 57.8 Å². The zero-order valence-corrected chi connectivity index (χ0v) is 29.1. The largest absolute Gasteiger partial charge is 0.462 e. The number of nitrogens with zero attached hydrogens (tertiary/aromatic N) is 6. The summed E-state index contributed by atoms with van der Waals surface area (Å²) in [6, 6.07) is 2.70. The van der Waals surface area contributed by atoms with E-state index in [0.717, 1.165) is 30.5 Å². The molecule has 0 aliphatic carbocycles. The molecule has 0 spiro atoms. The third kappa shape index (κ3) is 5.42. The van der Waals surface area contributed by atoms with Crippen LogP contribution in [0, 0.1) is 17.6 Å². The lowest BCUT2D eigenvalue weighted by Crippen LogP contribution is -2.35. The molecule has 2 atom stereocenters. The number of likely N-dealkylation sites (N-methyl/N-ethyl adjacent to an activating group) is 1. The molecule has 12 nitrogen and oxygen atoms in total. The standard InChI is InChI=1S/C36H39F2N7O5/c1-8-49-34(47)22-16-43(6)33-20(31(22)46)11-19(13-40-33)21-14-39-32-27(30(21)45-10-9-18-15-42(5)17-25(18)45)26-28(38)23(37)12-24(29(26)41-32)44(7)35(48)50-36(2,3)4/h11-14,16,18,25H,8-10,15,17H2,1-7H3,(H,39,41)/t18-,25+/m0/s1. The van der Waals surface area contributed by atoms with Crippen LogP contribution >= 0.6 is 0 Å². The van der Waals surface area contributed by atoms with Crippen LogP contribution in [0.15, 0.2) is 35.5 Å². The summed E-state index contributed by atoms with van der Waals surface area (Å²) < 4.78 is 44.1. The first-order valence-electron chi connectivity index (χ1n) is 16.6. The number of aromatic nitrogens is 4. The zero-order valence-electron chi connectivity index (χ0n) is 29.1. The minimum absolute atomic E-state index is 0.0566. The molecule has 0 bridgehead atoms. The minimum Gasteiger partial charge on any atom is -0.462 e. The van der Waals surface area contributed by atoms with Crippen molar-refractivity contribution in [2.24, 2.45) is 13.0 Å². The van der Waals surface area contributed by atoms with Crippen LogP contribution in [0.4, 0.5) is 25.0 Å². The van der Waals surface area contributed by atoms with E-state index in [-0.39, 0.29) is 40.2 Å². The van der Waals surface area contributed by atoms with Gasteiger partial charge in [-0.2, -0.15) is 0 Å². The first-order chi connectivity index (χ1) is 23.7. The van der Waals surface area contributed by atoms with Crippen molar-refractivity contribution in [3.05, 3.63) is 58.1 Å². The summed E-state index contributed by atoms with van der Waals surface area (Å²) in [7, 11) is 5.19. The normalized spacial score (nSPS) is 18.0. The summed E-state index contributed by atoms with van der Waals surface area (Å²) >= 11 is 0. The van der Waals surface area contributed by atoms with Gasteiger partial charge in [0.2, 0.25) is 5.43 Å². The quantitative estimate of drug-likeness (QED) is 0.235. The molecule has 0 radical (unpaired) electrons. The van der Waals surface area contributed by atoms with Gasteiger partial charge in [0.25, 0.3) is 0 Å². The Hall–Kier alpha value is -5.11. The average molecular weight is 688 g/mol. The van der Waals surface area contributed by atoms with Crippen LogP contribution < -0.4 is 15.2 Å². The minimum atomic E-state index is -1.14. The Bertz CT molecular complexity index is 2280. The van der Waals surface area contributed by atoms with Crippen molar-refractivity contribution < 1.29 is 27.8 Å². The highest BCUT2D eigenvalue weighted by atomic mass is 19.2. The molecule has 2 fully saturated rings.